The molecule has 1 rings (SSSR count). The molecule has 1 atom stereocenters. The first kappa shape index (κ1) is 12.4. The summed E-state index contributed by atoms with van der Waals surface area (Å²) in [7, 11) is -3.17. The van der Waals surface area contributed by atoms with E-state index in [1.165, 1.54) is 6.20 Å². The molecule has 1 aromatic rings. The zero-order chi connectivity index (χ0) is 11.5. The van der Waals surface area contributed by atoms with Gasteiger partial charge < -0.3 is 5.11 Å². The van der Waals surface area contributed by atoms with E-state index in [4.69, 9.17) is 11.6 Å². The van der Waals surface area contributed by atoms with Gasteiger partial charge in [-0.1, -0.05) is 11.6 Å². The second-order valence-corrected chi connectivity index (χ2v) is 6.01. The predicted molar refractivity (Wildman–Crippen MR) is 58.7 cm³/mol. The molecule has 0 spiro atoms. The van der Waals surface area contributed by atoms with Crippen LogP contribution in [0.1, 0.15) is 5.56 Å². The van der Waals surface area contributed by atoms with Crippen molar-refractivity contribution in [3.05, 3.63) is 29.0 Å². The van der Waals surface area contributed by atoms with Gasteiger partial charge in [0.15, 0.2) is 0 Å². The van der Waals surface area contributed by atoms with Crippen molar-refractivity contribution >= 4 is 21.4 Å². The molecule has 1 heterocycles. The van der Waals surface area contributed by atoms with E-state index in [0.29, 0.717) is 10.6 Å². The quantitative estimate of drug-likeness (QED) is 0.852. The monoisotopic (exact) mass is 249 g/mol. The van der Waals surface area contributed by atoms with Gasteiger partial charge in [0.2, 0.25) is 0 Å². The van der Waals surface area contributed by atoms with Gasteiger partial charge in [0, 0.05) is 25.1 Å². The zero-order valence-electron chi connectivity index (χ0n) is 8.22. The summed E-state index contributed by atoms with van der Waals surface area (Å²) >= 11 is 5.82. The molecule has 0 radical (unpaired) electrons. The minimum atomic E-state index is -3.17. The normalized spacial score (nSPS) is 13.8. The molecule has 0 amide bonds. The molecule has 6 heteroatoms. The Hall–Kier alpha value is -0.650. The molecule has 1 unspecified atom stereocenters. The second kappa shape index (κ2) is 4.92. The van der Waals surface area contributed by atoms with Crippen LogP contribution >= 0.6 is 11.6 Å². The highest BCUT2D eigenvalue weighted by atomic mass is 35.5. The third-order valence-corrected chi connectivity index (χ3v) is 3.14. The van der Waals surface area contributed by atoms with Crippen molar-refractivity contribution in [1.82, 2.24) is 4.98 Å². The highest BCUT2D eigenvalue weighted by Crippen LogP contribution is 2.15. The van der Waals surface area contributed by atoms with Crippen molar-refractivity contribution in [2.24, 2.45) is 0 Å². The van der Waals surface area contributed by atoms with Gasteiger partial charge in [0.1, 0.15) is 9.84 Å². The van der Waals surface area contributed by atoms with E-state index in [-0.39, 0.29) is 12.2 Å². The van der Waals surface area contributed by atoms with E-state index in [1.54, 1.807) is 12.3 Å². The first-order valence-electron chi connectivity index (χ1n) is 4.32. The molecule has 15 heavy (non-hydrogen) atoms. The molecule has 1 N–H and O–H groups in total. The smallest absolute Gasteiger partial charge is 0.150 e. The molecular weight excluding hydrogens is 238 g/mol. The minimum Gasteiger partial charge on any atom is -0.392 e. The predicted octanol–water partition coefficient (Wildman–Crippen LogP) is 0.683. The standard InChI is InChI=1S/C9H12ClNO3S/c1-15(13,14)6-8(12)4-7-2-3-11-5-9(7)10/h2-3,5,8,12H,4,6H2,1H3. The molecule has 0 fully saturated rings. The van der Waals surface area contributed by atoms with E-state index >= 15 is 0 Å². The van der Waals surface area contributed by atoms with Crippen molar-refractivity contribution in [2.45, 2.75) is 12.5 Å². The molecule has 0 saturated heterocycles. The van der Waals surface area contributed by atoms with E-state index < -0.39 is 15.9 Å². The fraction of sp³-hybridized carbons (Fsp3) is 0.444. The largest absolute Gasteiger partial charge is 0.392 e. The van der Waals surface area contributed by atoms with Crippen LogP contribution in [0, 0.1) is 0 Å². The Morgan fingerprint density at radius 2 is 2.27 bits per heavy atom. The maximum absolute atomic E-state index is 10.9. The van der Waals surface area contributed by atoms with Gasteiger partial charge in [-0.05, 0) is 11.6 Å². The SMILES string of the molecule is CS(=O)(=O)CC(O)Cc1ccncc1Cl. The lowest BCUT2D eigenvalue weighted by molar-refractivity contribution is 0.198. The van der Waals surface area contributed by atoms with Crippen LogP contribution in [-0.2, 0) is 16.3 Å². The third-order valence-electron chi connectivity index (χ3n) is 1.81. The average Bonchev–Trinajstić information content (AvgIpc) is 2.05. The number of aliphatic hydroxyl groups excluding tert-OH is 1. The van der Waals surface area contributed by atoms with Crippen LogP contribution in [0.5, 0.6) is 0 Å². The van der Waals surface area contributed by atoms with Crippen molar-refractivity contribution < 1.29 is 13.5 Å². The third kappa shape index (κ3) is 4.59. The second-order valence-electron chi connectivity index (χ2n) is 3.42. The zero-order valence-corrected chi connectivity index (χ0v) is 9.79. The minimum absolute atomic E-state index is 0.217. The summed E-state index contributed by atoms with van der Waals surface area (Å²) in [6.45, 7) is 0. The van der Waals surface area contributed by atoms with Crippen LogP contribution in [0.3, 0.4) is 0 Å². The van der Waals surface area contributed by atoms with Gasteiger partial charge >= 0.3 is 0 Å². The molecule has 4 nitrogen and oxygen atoms in total. The van der Waals surface area contributed by atoms with Crippen LogP contribution in [0.15, 0.2) is 18.5 Å². The first-order valence-corrected chi connectivity index (χ1v) is 6.76. The number of halogens is 1. The van der Waals surface area contributed by atoms with E-state index in [2.05, 4.69) is 4.98 Å². The van der Waals surface area contributed by atoms with Crippen LogP contribution in [0.25, 0.3) is 0 Å². The molecule has 84 valence electrons. The van der Waals surface area contributed by atoms with Crippen molar-refractivity contribution in [3.63, 3.8) is 0 Å². The molecular formula is C9H12ClNO3S. The van der Waals surface area contributed by atoms with Crippen molar-refractivity contribution in [3.8, 4) is 0 Å². The fourth-order valence-electron chi connectivity index (χ4n) is 1.23. The van der Waals surface area contributed by atoms with Gasteiger partial charge in [0.25, 0.3) is 0 Å². The molecule has 0 aromatic carbocycles. The summed E-state index contributed by atoms with van der Waals surface area (Å²) in [6, 6.07) is 1.66. The van der Waals surface area contributed by atoms with Crippen LogP contribution < -0.4 is 0 Å². The molecule has 0 saturated carbocycles. The number of hydrogen-bond acceptors (Lipinski definition) is 4. The summed E-state index contributed by atoms with van der Waals surface area (Å²) < 4.78 is 21.8. The van der Waals surface area contributed by atoms with Crippen molar-refractivity contribution in [1.29, 1.82) is 0 Å². The summed E-state index contributed by atoms with van der Waals surface area (Å²) in [6.07, 6.45) is 3.39. The number of pyridine rings is 1. The lowest BCUT2D eigenvalue weighted by atomic mass is 10.1. The number of hydrogen-bond donors (Lipinski definition) is 1. The number of sulfone groups is 1. The van der Waals surface area contributed by atoms with Crippen molar-refractivity contribution in [2.75, 3.05) is 12.0 Å². The fourth-order valence-corrected chi connectivity index (χ4v) is 2.25. The van der Waals surface area contributed by atoms with Crippen LogP contribution in [-0.4, -0.2) is 36.6 Å². The average molecular weight is 250 g/mol. The van der Waals surface area contributed by atoms with E-state index in [1.807, 2.05) is 0 Å². The molecule has 0 aliphatic rings. The lowest BCUT2D eigenvalue weighted by Gasteiger charge is -2.09. The van der Waals surface area contributed by atoms with Gasteiger partial charge in [-0.15, -0.1) is 0 Å². The summed E-state index contributed by atoms with van der Waals surface area (Å²) in [4.78, 5) is 3.79. The molecule has 0 aliphatic carbocycles. The number of nitrogens with zero attached hydrogens (tertiary/aromatic N) is 1. The van der Waals surface area contributed by atoms with Gasteiger partial charge in [0.05, 0.1) is 16.9 Å². The Balaban J connectivity index is 2.67. The van der Waals surface area contributed by atoms with Gasteiger partial charge in [-0.2, -0.15) is 0 Å². The Kier molecular flexibility index (Phi) is 4.07. The van der Waals surface area contributed by atoms with E-state index in [9.17, 15) is 13.5 Å². The van der Waals surface area contributed by atoms with Gasteiger partial charge in [-0.3, -0.25) is 4.98 Å². The molecule has 1 aromatic heterocycles. The highest BCUT2D eigenvalue weighted by Gasteiger charge is 2.14. The van der Waals surface area contributed by atoms with Crippen LogP contribution in [0.2, 0.25) is 5.02 Å². The molecule has 0 aliphatic heterocycles. The lowest BCUT2D eigenvalue weighted by Crippen LogP contribution is -2.22. The van der Waals surface area contributed by atoms with Gasteiger partial charge in [-0.25, -0.2) is 8.42 Å². The Bertz CT molecular complexity index is 433. The Morgan fingerprint density at radius 3 is 2.80 bits per heavy atom. The number of aliphatic hydroxyl groups is 1. The maximum Gasteiger partial charge on any atom is 0.150 e. The van der Waals surface area contributed by atoms with Crippen LogP contribution in [0.4, 0.5) is 0 Å². The molecule has 0 bridgehead atoms. The summed E-state index contributed by atoms with van der Waals surface area (Å²) in [5.74, 6) is -0.258. The Labute approximate surface area is 93.8 Å². The topological polar surface area (TPSA) is 67.3 Å². The first-order chi connectivity index (χ1) is 6.88. The van der Waals surface area contributed by atoms with E-state index in [0.717, 1.165) is 6.26 Å². The Morgan fingerprint density at radius 1 is 1.60 bits per heavy atom. The maximum atomic E-state index is 10.9. The highest BCUT2D eigenvalue weighted by molar-refractivity contribution is 7.90. The number of rotatable bonds is 4. The summed E-state index contributed by atoms with van der Waals surface area (Å²) in [5, 5.41) is 9.94. The summed E-state index contributed by atoms with van der Waals surface area (Å²) in [5.41, 5.74) is 0.697. The number of aromatic nitrogens is 1.